The molecule has 1 aliphatic rings. The number of carbonyl (C=O) groups excluding carboxylic acids is 2. The van der Waals surface area contributed by atoms with Gasteiger partial charge >= 0.3 is 0 Å². The first-order valence-electron chi connectivity index (χ1n) is 3.68. The molecule has 0 saturated heterocycles. The molecule has 0 bridgehead atoms. The Morgan fingerprint density at radius 1 is 1.30 bits per heavy atom. The van der Waals surface area contributed by atoms with Crippen molar-refractivity contribution < 1.29 is 9.59 Å². The summed E-state index contributed by atoms with van der Waals surface area (Å²) in [6, 6.07) is 0. The minimum absolute atomic E-state index is 0.0313. The van der Waals surface area contributed by atoms with Crippen molar-refractivity contribution >= 4 is 11.6 Å². The van der Waals surface area contributed by atoms with Crippen LogP contribution in [0.4, 0.5) is 0 Å². The Hall–Kier alpha value is -0.660. The molecule has 0 N–H and O–H groups in total. The van der Waals surface area contributed by atoms with E-state index in [1.807, 2.05) is 13.8 Å². The maximum atomic E-state index is 10.9. The zero-order chi connectivity index (χ0) is 7.72. The molecule has 1 rings (SSSR count). The van der Waals surface area contributed by atoms with Crippen molar-refractivity contribution in [3.63, 3.8) is 0 Å². The van der Waals surface area contributed by atoms with Gasteiger partial charge in [-0.1, -0.05) is 13.8 Å². The van der Waals surface area contributed by atoms with Gasteiger partial charge in [-0.3, -0.25) is 9.59 Å². The van der Waals surface area contributed by atoms with E-state index in [1.165, 1.54) is 0 Å². The summed E-state index contributed by atoms with van der Waals surface area (Å²) in [6.07, 6.45) is 1.34. The summed E-state index contributed by atoms with van der Waals surface area (Å²) >= 11 is 0. The number of carbonyl (C=O) groups is 2. The van der Waals surface area contributed by atoms with Gasteiger partial charge in [-0.15, -0.1) is 0 Å². The van der Waals surface area contributed by atoms with Crippen molar-refractivity contribution in [1.82, 2.24) is 0 Å². The van der Waals surface area contributed by atoms with Crippen LogP contribution in [0.3, 0.4) is 0 Å². The summed E-state index contributed by atoms with van der Waals surface area (Å²) in [7, 11) is 0. The monoisotopic (exact) mass is 140 g/mol. The van der Waals surface area contributed by atoms with Crippen LogP contribution in [0.25, 0.3) is 0 Å². The van der Waals surface area contributed by atoms with E-state index in [0.717, 1.165) is 6.42 Å². The van der Waals surface area contributed by atoms with Gasteiger partial charge in [-0.05, 0) is 12.3 Å². The van der Waals surface area contributed by atoms with Gasteiger partial charge in [0.2, 0.25) is 5.78 Å². The maximum Gasteiger partial charge on any atom is 0.201 e. The molecule has 2 heteroatoms. The number of ketones is 2. The Morgan fingerprint density at radius 3 is 2.40 bits per heavy atom. The van der Waals surface area contributed by atoms with Crippen LogP contribution in [0.2, 0.25) is 0 Å². The van der Waals surface area contributed by atoms with Crippen molar-refractivity contribution in [1.29, 1.82) is 0 Å². The molecule has 0 aromatic rings. The highest BCUT2D eigenvalue weighted by molar-refractivity contribution is 6.38. The fraction of sp³-hybridized carbons (Fsp3) is 0.750. The van der Waals surface area contributed by atoms with Gasteiger partial charge in [-0.2, -0.15) is 0 Å². The molecule has 2 unspecified atom stereocenters. The van der Waals surface area contributed by atoms with Crippen LogP contribution in [-0.4, -0.2) is 11.6 Å². The predicted octanol–water partition coefficient (Wildman–Crippen LogP) is 1.19. The summed E-state index contributed by atoms with van der Waals surface area (Å²) in [4.78, 5) is 21.8. The third kappa shape index (κ3) is 1.25. The minimum atomic E-state index is -0.175. The highest BCUT2D eigenvalue weighted by Gasteiger charge is 2.29. The summed E-state index contributed by atoms with van der Waals surface area (Å²) < 4.78 is 0. The lowest BCUT2D eigenvalue weighted by Gasteiger charge is -2.20. The van der Waals surface area contributed by atoms with Crippen LogP contribution in [0.1, 0.15) is 26.7 Å². The van der Waals surface area contributed by atoms with E-state index in [-0.39, 0.29) is 17.5 Å². The fourth-order valence-corrected chi connectivity index (χ4v) is 1.49. The van der Waals surface area contributed by atoms with E-state index in [2.05, 4.69) is 0 Å². The molecule has 1 saturated carbocycles. The van der Waals surface area contributed by atoms with E-state index >= 15 is 0 Å². The van der Waals surface area contributed by atoms with Crippen LogP contribution in [0.5, 0.6) is 0 Å². The minimum Gasteiger partial charge on any atom is -0.291 e. The van der Waals surface area contributed by atoms with Gasteiger partial charge < -0.3 is 0 Å². The lowest BCUT2D eigenvalue weighted by atomic mass is 9.82. The van der Waals surface area contributed by atoms with E-state index in [9.17, 15) is 9.59 Å². The second kappa shape index (κ2) is 2.52. The first-order chi connectivity index (χ1) is 4.61. The van der Waals surface area contributed by atoms with Gasteiger partial charge in [0.25, 0.3) is 0 Å². The molecule has 0 heterocycles. The first-order valence-corrected chi connectivity index (χ1v) is 3.68. The van der Waals surface area contributed by atoms with Crippen LogP contribution in [-0.2, 0) is 9.59 Å². The molecule has 10 heavy (non-hydrogen) atoms. The van der Waals surface area contributed by atoms with Crippen molar-refractivity contribution in [3.8, 4) is 0 Å². The molecular formula is C8H12O2. The number of hydrogen-bond donors (Lipinski definition) is 0. The maximum absolute atomic E-state index is 10.9. The number of hydrogen-bond acceptors (Lipinski definition) is 2. The number of Topliss-reactive ketones (excluding diaryl/α,β-unsaturated/α-hetero) is 2. The second-order valence-electron chi connectivity index (χ2n) is 3.23. The summed E-state index contributed by atoms with van der Waals surface area (Å²) in [5.41, 5.74) is 0. The number of rotatable bonds is 0. The largest absolute Gasteiger partial charge is 0.291 e. The lowest BCUT2D eigenvalue weighted by Crippen LogP contribution is -2.30. The van der Waals surface area contributed by atoms with Gasteiger partial charge in [0.05, 0.1) is 0 Å². The molecule has 1 aliphatic carbocycles. The third-order valence-electron chi connectivity index (χ3n) is 2.01. The molecule has 0 spiro atoms. The Balaban J connectivity index is 2.66. The molecule has 0 radical (unpaired) electrons. The molecule has 0 amide bonds. The van der Waals surface area contributed by atoms with Crippen LogP contribution in [0.15, 0.2) is 0 Å². The van der Waals surface area contributed by atoms with E-state index in [0.29, 0.717) is 12.3 Å². The summed E-state index contributed by atoms with van der Waals surface area (Å²) in [5.74, 6) is 0.0285. The molecule has 0 aliphatic heterocycles. The topological polar surface area (TPSA) is 34.1 Å². The molecule has 56 valence electrons. The average Bonchev–Trinajstić information content (AvgIpc) is 1.82. The molecule has 2 nitrogen and oxygen atoms in total. The van der Waals surface area contributed by atoms with Crippen molar-refractivity contribution in [2.45, 2.75) is 26.7 Å². The fourth-order valence-electron chi connectivity index (χ4n) is 1.49. The molecular weight excluding hydrogens is 128 g/mol. The third-order valence-corrected chi connectivity index (χ3v) is 2.01. The Morgan fingerprint density at radius 2 is 1.90 bits per heavy atom. The zero-order valence-corrected chi connectivity index (χ0v) is 6.39. The zero-order valence-electron chi connectivity index (χ0n) is 6.39. The molecule has 0 aromatic heterocycles. The molecule has 0 aromatic carbocycles. The second-order valence-corrected chi connectivity index (χ2v) is 3.23. The molecule has 2 atom stereocenters. The quantitative estimate of drug-likeness (QED) is 0.474. The van der Waals surface area contributed by atoms with Crippen LogP contribution < -0.4 is 0 Å². The Labute approximate surface area is 60.6 Å². The van der Waals surface area contributed by atoms with E-state index < -0.39 is 0 Å². The van der Waals surface area contributed by atoms with Crippen molar-refractivity contribution in [2.75, 3.05) is 0 Å². The normalized spacial score (nSPS) is 34.6. The van der Waals surface area contributed by atoms with Crippen LogP contribution in [0, 0.1) is 11.8 Å². The van der Waals surface area contributed by atoms with E-state index in [1.54, 1.807) is 0 Å². The van der Waals surface area contributed by atoms with E-state index in [4.69, 9.17) is 0 Å². The van der Waals surface area contributed by atoms with Gasteiger partial charge in [-0.25, -0.2) is 0 Å². The smallest absolute Gasteiger partial charge is 0.201 e. The van der Waals surface area contributed by atoms with Gasteiger partial charge in [0.1, 0.15) is 0 Å². The van der Waals surface area contributed by atoms with Crippen molar-refractivity contribution in [2.24, 2.45) is 11.8 Å². The Bertz CT molecular complexity index is 172. The summed E-state index contributed by atoms with van der Waals surface area (Å²) in [5, 5.41) is 0. The van der Waals surface area contributed by atoms with Gasteiger partial charge in [0.15, 0.2) is 5.78 Å². The first kappa shape index (κ1) is 7.45. The van der Waals surface area contributed by atoms with Crippen molar-refractivity contribution in [3.05, 3.63) is 0 Å². The van der Waals surface area contributed by atoms with Crippen LogP contribution >= 0.6 is 0 Å². The summed E-state index contributed by atoms with van der Waals surface area (Å²) in [6.45, 7) is 3.84. The molecule has 1 fully saturated rings. The Kier molecular flexibility index (Phi) is 1.88. The lowest BCUT2D eigenvalue weighted by molar-refractivity contribution is -0.141. The average molecular weight is 140 g/mol. The highest BCUT2D eigenvalue weighted by Crippen LogP contribution is 2.22. The predicted molar refractivity (Wildman–Crippen MR) is 37.6 cm³/mol. The SMILES string of the molecule is CC1CC(=O)C(=O)C(C)C1. The standard InChI is InChI=1S/C8H12O2/c1-5-3-6(2)8(10)7(9)4-5/h5-6H,3-4H2,1-2H3. The van der Waals surface area contributed by atoms with Gasteiger partial charge in [0, 0.05) is 12.3 Å². The highest BCUT2D eigenvalue weighted by atomic mass is 16.2.